The molecule has 1 atom stereocenters. The lowest BCUT2D eigenvalue weighted by Crippen LogP contribution is -2.05. The maximum Gasteiger partial charge on any atom is 0.506 e. The first kappa shape index (κ1) is 8.10. The zero-order valence-electron chi connectivity index (χ0n) is 7.06. The lowest BCUT2D eigenvalue weighted by Gasteiger charge is -2.09. The van der Waals surface area contributed by atoms with E-state index in [4.69, 9.17) is 9.84 Å². The van der Waals surface area contributed by atoms with Gasteiger partial charge in [0.2, 0.25) is 0 Å². The van der Waals surface area contributed by atoms with E-state index in [1.54, 1.807) is 0 Å². The average Bonchev–Trinajstić information content (AvgIpc) is 2.48. The van der Waals surface area contributed by atoms with Gasteiger partial charge in [-0.3, -0.25) is 0 Å². The van der Waals surface area contributed by atoms with Crippen LogP contribution in [0.2, 0.25) is 0 Å². The molecule has 1 aromatic carbocycles. The first-order valence-electron chi connectivity index (χ1n) is 4.25. The van der Waals surface area contributed by atoms with Crippen LogP contribution in [0.3, 0.4) is 0 Å². The molecule has 13 heavy (non-hydrogen) atoms. The number of fused-ring (bicyclic) bond motifs is 1. The number of aryl methyl sites for hydroxylation is 1. The molecule has 2 rings (SSSR count). The Kier molecular flexibility index (Phi) is 1.93. The molecule has 0 aliphatic heterocycles. The first-order chi connectivity index (χ1) is 6.27. The smallest absolute Gasteiger partial charge is 0.450 e. The number of carboxylic acid groups (broad SMARTS) is 1. The summed E-state index contributed by atoms with van der Waals surface area (Å²) in [5, 5.41) is 8.48. The van der Waals surface area contributed by atoms with E-state index in [-0.39, 0.29) is 6.10 Å². The summed E-state index contributed by atoms with van der Waals surface area (Å²) < 4.78 is 4.75. The fourth-order valence-electron chi connectivity index (χ4n) is 1.76. The summed E-state index contributed by atoms with van der Waals surface area (Å²) >= 11 is 0. The summed E-state index contributed by atoms with van der Waals surface area (Å²) in [6.07, 6.45) is 0.232. The molecule has 0 heterocycles. The minimum atomic E-state index is -1.19. The number of benzene rings is 1. The van der Waals surface area contributed by atoms with Crippen molar-refractivity contribution >= 4 is 6.16 Å². The second-order valence-corrected chi connectivity index (χ2v) is 3.11. The Balaban J connectivity index is 2.23. The Bertz CT molecular complexity index is 333. The maximum atomic E-state index is 10.3. The number of carbonyl (C=O) groups is 1. The van der Waals surface area contributed by atoms with Crippen molar-refractivity contribution in [2.24, 2.45) is 0 Å². The molecule has 0 amide bonds. The highest BCUT2D eigenvalue weighted by Crippen LogP contribution is 2.33. The van der Waals surface area contributed by atoms with Crippen LogP contribution in [0.5, 0.6) is 0 Å². The molecule has 0 aromatic heterocycles. The van der Waals surface area contributed by atoms with Gasteiger partial charge in [-0.25, -0.2) is 4.79 Å². The predicted octanol–water partition coefficient (Wildman–Crippen LogP) is 2.37. The molecule has 3 nitrogen and oxygen atoms in total. The minimum Gasteiger partial charge on any atom is -0.450 e. The molecule has 0 fully saturated rings. The van der Waals surface area contributed by atoms with Crippen LogP contribution in [0, 0.1) is 0 Å². The van der Waals surface area contributed by atoms with E-state index >= 15 is 0 Å². The third-order valence-electron chi connectivity index (χ3n) is 2.32. The van der Waals surface area contributed by atoms with E-state index < -0.39 is 6.16 Å². The van der Waals surface area contributed by atoms with Gasteiger partial charge in [0.1, 0.15) is 6.10 Å². The number of rotatable bonds is 1. The summed E-state index contributed by atoms with van der Waals surface area (Å²) in [6, 6.07) is 7.81. The van der Waals surface area contributed by atoms with Crippen LogP contribution >= 0.6 is 0 Å². The molecule has 68 valence electrons. The summed E-state index contributed by atoms with van der Waals surface area (Å²) in [7, 11) is 0. The third kappa shape index (κ3) is 1.49. The topological polar surface area (TPSA) is 46.5 Å². The summed E-state index contributed by atoms with van der Waals surface area (Å²) in [6.45, 7) is 0. The number of ether oxygens (including phenoxy) is 1. The normalized spacial score (nSPS) is 19.5. The molecule has 0 spiro atoms. The van der Waals surface area contributed by atoms with Gasteiger partial charge < -0.3 is 9.84 Å². The average molecular weight is 178 g/mol. The molecule has 1 aromatic rings. The molecule has 1 unspecified atom stereocenters. The van der Waals surface area contributed by atoms with E-state index in [1.165, 1.54) is 5.56 Å². The zero-order chi connectivity index (χ0) is 9.26. The fourth-order valence-corrected chi connectivity index (χ4v) is 1.76. The van der Waals surface area contributed by atoms with Gasteiger partial charge in [0.05, 0.1) is 0 Å². The third-order valence-corrected chi connectivity index (χ3v) is 2.32. The van der Waals surface area contributed by atoms with Crippen LogP contribution in [0.1, 0.15) is 23.7 Å². The Hall–Kier alpha value is -1.51. The van der Waals surface area contributed by atoms with Gasteiger partial charge in [-0.05, 0) is 24.0 Å². The highest BCUT2D eigenvalue weighted by atomic mass is 16.7. The molecular weight excluding hydrogens is 168 g/mol. The second kappa shape index (κ2) is 3.09. The van der Waals surface area contributed by atoms with Crippen LogP contribution in [0.25, 0.3) is 0 Å². The van der Waals surface area contributed by atoms with Crippen molar-refractivity contribution in [2.45, 2.75) is 18.9 Å². The van der Waals surface area contributed by atoms with Crippen LogP contribution in [-0.2, 0) is 11.2 Å². The largest absolute Gasteiger partial charge is 0.506 e. The van der Waals surface area contributed by atoms with Crippen LogP contribution in [0.4, 0.5) is 4.79 Å². The Labute approximate surface area is 76.0 Å². The number of hydrogen-bond acceptors (Lipinski definition) is 2. The molecule has 1 aliphatic carbocycles. The zero-order valence-corrected chi connectivity index (χ0v) is 7.06. The number of hydrogen-bond donors (Lipinski definition) is 1. The Morgan fingerprint density at radius 3 is 3.00 bits per heavy atom. The summed E-state index contributed by atoms with van der Waals surface area (Å²) in [4.78, 5) is 10.3. The monoisotopic (exact) mass is 178 g/mol. The second-order valence-electron chi connectivity index (χ2n) is 3.11. The first-order valence-corrected chi connectivity index (χ1v) is 4.25. The molecule has 0 bridgehead atoms. The van der Waals surface area contributed by atoms with Gasteiger partial charge in [-0.15, -0.1) is 0 Å². The highest BCUT2D eigenvalue weighted by Gasteiger charge is 2.24. The SMILES string of the molecule is O=C(O)OC1CCc2ccccc21. The van der Waals surface area contributed by atoms with Crippen molar-refractivity contribution in [1.82, 2.24) is 0 Å². The van der Waals surface area contributed by atoms with Crippen molar-refractivity contribution in [1.29, 1.82) is 0 Å². The molecule has 0 radical (unpaired) electrons. The Morgan fingerprint density at radius 2 is 2.23 bits per heavy atom. The molecular formula is C10H10O3. The van der Waals surface area contributed by atoms with Crippen LogP contribution < -0.4 is 0 Å². The van der Waals surface area contributed by atoms with Gasteiger partial charge in [0.15, 0.2) is 0 Å². The highest BCUT2D eigenvalue weighted by molar-refractivity contribution is 5.57. The van der Waals surface area contributed by atoms with E-state index in [9.17, 15) is 4.79 Å². The van der Waals surface area contributed by atoms with Crippen molar-refractivity contribution in [3.05, 3.63) is 35.4 Å². The molecule has 0 saturated carbocycles. The lowest BCUT2D eigenvalue weighted by molar-refractivity contribution is 0.0520. The van der Waals surface area contributed by atoms with Crippen molar-refractivity contribution < 1.29 is 14.6 Å². The van der Waals surface area contributed by atoms with Crippen molar-refractivity contribution in [2.75, 3.05) is 0 Å². The standard InChI is InChI=1S/C10H10O3/c11-10(12)13-9-6-5-7-3-1-2-4-8(7)9/h1-4,9H,5-6H2,(H,11,12). The van der Waals surface area contributed by atoms with E-state index in [0.29, 0.717) is 0 Å². The van der Waals surface area contributed by atoms with Crippen LogP contribution in [0.15, 0.2) is 24.3 Å². The summed E-state index contributed by atoms with van der Waals surface area (Å²) in [5.41, 5.74) is 2.22. The van der Waals surface area contributed by atoms with E-state index in [1.807, 2.05) is 24.3 Å². The van der Waals surface area contributed by atoms with Gasteiger partial charge in [0.25, 0.3) is 0 Å². The van der Waals surface area contributed by atoms with E-state index in [2.05, 4.69) is 0 Å². The van der Waals surface area contributed by atoms with Crippen LogP contribution in [-0.4, -0.2) is 11.3 Å². The molecule has 1 N–H and O–H groups in total. The minimum absolute atomic E-state index is 0.256. The maximum absolute atomic E-state index is 10.3. The predicted molar refractivity (Wildman–Crippen MR) is 46.6 cm³/mol. The Morgan fingerprint density at radius 1 is 1.46 bits per heavy atom. The molecule has 1 aliphatic rings. The lowest BCUT2D eigenvalue weighted by atomic mass is 10.1. The quantitative estimate of drug-likeness (QED) is 0.671. The molecule has 0 saturated heterocycles. The molecule has 3 heteroatoms. The van der Waals surface area contributed by atoms with Crippen molar-refractivity contribution in [3.63, 3.8) is 0 Å². The fraction of sp³-hybridized carbons (Fsp3) is 0.300. The van der Waals surface area contributed by atoms with E-state index in [0.717, 1.165) is 18.4 Å². The summed E-state index contributed by atoms with van der Waals surface area (Å²) in [5.74, 6) is 0. The van der Waals surface area contributed by atoms with Gasteiger partial charge in [0, 0.05) is 0 Å². The van der Waals surface area contributed by atoms with Crippen molar-refractivity contribution in [3.8, 4) is 0 Å². The van der Waals surface area contributed by atoms with Gasteiger partial charge in [-0.2, -0.15) is 0 Å². The van der Waals surface area contributed by atoms with Gasteiger partial charge in [-0.1, -0.05) is 24.3 Å². The van der Waals surface area contributed by atoms with Gasteiger partial charge >= 0.3 is 6.16 Å².